The minimum absolute atomic E-state index is 0.0923. The molecule has 0 unspecified atom stereocenters. The summed E-state index contributed by atoms with van der Waals surface area (Å²) in [6.45, 7) is 6.79. The lowest BCUT2D eigenvalue weighted by molar-refractivity contribution is -0.0277. The van der Waals surface area contributed by atoms with Crippen molar-refractivity contribution in [1.29, 1.82) is 0 Å². The molecular formula is C39H33BrFIN8O5. The fraction of sp³-hybridized carbons (Fsp3) is 0.256. The first-order chi connectivity index (χ1) is 26.4. The largest absolute Gasteiger partial charge is 0.462 e. The van der Waals surface area contributed by atoms with Crippen molar-refractivity contribution in [1.82, 2.24) is 15.0 Å². The molecule has 0 aliphatic carbocycles. The Morgan fingerprint density at radius 1 is 0.800 bits per heavy atom. The maximum Gasteiger partial charge on any atom is 0.283 e. The summed E-state index contributed by atoms with van der Waals surface area (Å²) in [5.41, 5.74) is 15.2. The number of nitrogens with zero attached hydrogens (tertiary/aromatic N) is 6. The highest BCUT2D eigenvalue weighted by Gasteiger charge is 2.49. The highest BCUT2D eigenvalue weighted by molar-refractivity contribution is 14.1. The van der Waals surface area contributed by atoms with E-state index in [4.69, 9.17) is 40.1 Å². The van der Waals surface area contributed by atoms with Gasteiger partial charge in [0.25, 0.3) is 12.0 Å². The fourth-order valence-electron chi connectivity index (χ4n) is 7.57. The van der Waals surface area contributed by atoms with E-state index < -0.39 is 17.0 Å². The monoisotopic (exact) mass is 918 g/mol. The number of halogens is 3. The van der Waals surface area contributed by atoms with Gasteiger partial charge in [-0.05, 0) is 113 Å². The van der Waals surface area contributed by atoms with Gasteiger partial charge in [0, 0.05) is 50.2 Å². The summed E-state index contributed by atoms with van der Waals surface area (Å²) in [6, 6.07) is 19.1. The molecular weight excluding hydrogens is 886 g/mol. The summed E-state index contributed by atoms with van der Waals surface area (Å²) in [7, 11) is 0. The number of aliphatic imine (C=N–C) groups is 2. The van der Waals surface area contributed by atoms with Crippen molar-refractivity contribution in [3.05, 3.63) is 115 Å². The second-order valence-corrected chi connectivity index (χ2v) is 16.3. The predicted molar refractivity (Wildman–Crippen MR) is 214 cm³/mol. The zero-order chi connectivity index (χ0) is 38.1. The lowest BCUT2D eigenvalue weighted by atomic mass is 9.81. The molecule has 3 aromatic heterocycles. The van der Waals surface area contributed by atoms with E-state index in [1.165, 1.54) is 6.20 Å². The Bertz CT molecular complexity index is 2400. The highest BCUT2D eigenvalue weighted by Crippen LogP contribution is 2.53. The van der Waals surface area contributed by atoms with Crippen LogP contribution in [0.2, 0.25) is 0 Å². The van der Waals surface area contributed by atoms with Crippen molar-refractivity contribution in [3.63, 3.8) is 0 Å². The van der Waals surface area contributed by atoms with E-state index >= 15 is 0 Å². The smallest absolute Gasteiger partial charge is 0.283 e. The third-order valence-corrected chi connectivity index (χ3v) is 11.2. The number of fused-ring (bicyclic) bond motifs is 8. The van der Waals surface area contributed by atoms with Crippen LogP contribution in [0.1, 0.15) is 36.1 Å². The number of pyridine rings is 3. The zero-order valence-electron chi connectivity index (χ0n) is 29.6. The summed E-state index contributed by atoms with van der Waals surface area (Å²) in [6.07, 6.45) is 4.93. The second-order valence-electron chi connectivity index (χ2n) is 14.2. The minimum atomic E-state index is -0.952. The molecule has 5 aliphatic rings. The van der Waals surface area contributed by atoms with Gasteiger partial charge in [-0.1, -0.05) is 6.07 Å². The summed E-state index contributed by atoms with van der Waals surface area (Å²) >= 11 is 5.72. The van der Waals surface area contributed by atoms with E-state index in [1.807, 2.05) is 36.4 Å². The van der Waals surface area contributed by atoms with E-state index in [0.29, 0.717) is 41.9 Å². The molecule has 13 nitrogen and oxygen atoms in total. The van der Waals surface area contributed by atoms with Crippen LogP contribution in [-0.4, -0.2) is 65.5 Å². The quantitative estimate of drug-likeness (QED) is 0.143. The van der Waals surface area contributed by atoms with Crippen molar-refractivity contribution in [2.45, 2.75) is 30.5 Å². The average Bonchev–Trinajstić information content (AvgIpc) is 3.76. The number of ether oxygens (including phenoxy) is 5. The van der Waals surface area contributed by atoms with Gasteiger partial charge in [-0.15, -0.1) is 0 Å². The van der Waals surface area contributed by atoms with Crippen LogP contribution in [0.25, 0.3) is 11.1 Å². The maximum absolute atomic E-state index is 14.5. The first kappa shape index (κ1) is 35.6. The SMILES string of the molecule is CC1(C)CN(c2cnc3c(c2)[C@]2(COC(N)=N2)c2cc(-c4cccnc4F)ccc2O3)CCO1.NC1=N[C@@]2(CO1)c1cc(I)ccc1Oc1ncc(Br)cc12. The molecule has 55 heavy (non-hydrogen) atoms. The normalized spacial score (nSPS) is 22.3. The fourth-order valence-corrected chi connectivity index (χ4v) is 8.39. The van der Waals surface area contributed by atoms with Crippen LogP contribution in [0.4, 0.5) is 10.1 Å². The molecule has 0 bridgehead atoms. The first-order valence-electron chi connectivity index (χ1n) is 17.4. The van der Waals surface area contributed by atoms with E-state index in [2.05, 4.69) is 77.2 Å². The third kappa shape index (κ3) is 6.19. The summed E-state index contributed by atoms with van der Waals surface area (Å²) in [5.74, 6) is 1.76. The molecule has 2 atom stereocenters. The number of hydrogen-bond donors (Lipinski definition) is 2. The molecule has 0 saturated carbocycles. The molecule has 1 fully saturated rings. The van der Waals surface area contributed by atoms with Gasteiger partial charge in [-0.2, -0.15) is 4.39 Å². The molecule has 280 valence electrons. The van der Waals surface area contributed by atoms with Gasteiger partial charge >= 0.3 is 0 Å². The molecule has 0 amide bonds. The Morgan fingerprint density at radius 2 is 1.45 bits per heavy atom. The standard InChI is InChI=1S/C25H24FN5O3.C14H9BrIN3O2/c1-24(2)13-31(8-9-33-24)16-11-19-22(29-12-16)34-20-6-5-15(17-4-3-7-28-21(17)26)10-18(20)25(19)14-32-23(27)30-25;15-7-3-10-12(18-5-7)21-11-2-1-8(16)4-9(11)14(10)6-20-13(17)19-14/h3-7,10-12H,8-9,13-14H2,1-2H3,(H2,27,30);1-5H,6H2,(H2,17,19)/t25-;14-/m00/s1. The van der Waals surface area contributed by atoms with Gasteiger partial charge in [-0.25, -0.2) is 24.9 Å². The minimum Gasteiger partial charge on any atom is -0.462 e. The number of morpholine rings is 1. The van der Waals surface area contributed by atoms with Crippen LogP contribution in [0, 0.1) is 9.52 Å². The van der Waals surface area contributed by atoms with Gasteiger partial charge in [0.2, 0.25) is 17.7 Å². The molecule has 1 saturated heterocycles. The van der Waals surface area contributed by atoms with Crippen molar-refractivity contribution in [2.24, 2.45) is 21.5 Å². The number of amidine groups is 2. The summed E-state index contributed by atoms with van der Waals surface area (Å²) < 4.78 is 45.5. The predicted octanol–water partition coefficient (Wildman–Crippen LogP) is 6.74. The first-order valence-corrected chi connectivity index (χ1v) is 19.2. The molecule has 10 rings (SSSR count). The number of nitrogens with two attached hydrogens (primary N) is 2. The van der Waals surface area contributed by atoms with Crippen molar-refractivity contribution >= 4 is 56.3 Å². The molecule has 2 spiro atoms. The van der Waals surface area contributed by atoms with Crippen LogP contribution in [-0.2, 0) is 25.3 Å². The Balaban J connectivity index is 0.000000161. The number of aromatic nitrogens is 3. The molecule has 16 heteroatoms. The van der Waals surface area contributed by atoms with Gasteiger partial charge < -0.3 is 40.1 Å². The van der Waals surface area contributed by atoms with Crippen LogP contribution >= 0.6 is 38.5 Å². The molecule has 5 aliphatic heterocycles. The average molecular weight is 920 g/mol. The highest BCUT2D eigenvalue weighted by atomic mass is 127. The second kappa shape index (κ2) is 13.3. The molecule has 4 N–H and O–H groups in total. The summed E-state index contributed by atoms with van der Waals surface area (Å²) in [4.78, 5) is 24.3. The van der Waals surface area contributed by atoms with E-state index in [9.17, 15) is 4.39 Å². The van der Waals surface area contributed by atoms with Crippen molar-refractivity contribution in [3.8, 4) is 34.4 Å². The third-order valence-electron chi connectivity index (χ3n) is 10.1. The van der Waals surface area contributed by atoms with Crippen LogP contribution < -0.4 is 25.8 Å². The van der Waals surface area contributed by atoms with Crippen molar-refractivity contribution in [2.75, 3.05) is 37.8 Å². The number of hydrogen-bond acceptors (Lipinski definition) is 13. The van der Waals surface area contributed by atoms with Crippen LogP contribution in [0.5, 0.6) is 23.3 Å². The number of benzene rings is 2. The van der Waals surface area contributed by atoms with Crippen LogP contribution in [0.15, 0.2) is 93.7 Å². The Hall–Kier alpha value is -5.07. The maximum atomic E-state index is 14.5. The molecule has 5 aromatic rings. The summed E-state index contributed by atoms with van der Waals surface area (Å²) in [5, 5.41) is 0. The van der Waals surface area contributed by atoms with Gasteiger partial charge in [-0.3, -0.25) is 0 Å². The molecule has 0 radical (unpaired) electrons. The Labute approximate surface area is 337 Å². The van der Waals surface area contributed by atoms with Gasteiger partial charge in [0.1, 0.15) is 24.7 Å². The lowest BCUT2D eigenvalue weighted by Gasteiger charge is -2.40. The van der Waals surface area contributed by atoms with Crippen molar-refractivity contribution < 1.29 is 28.1 Å². The van der Waals surface area contributed by atoms with E-state index in [0.717, 1.165) is 54.8 Å². The van der Waals surface area contributed by atoms with Gasteiger partial charge in [0.15, 0.2) is 11.1 Å². The zero-order valence-corrected chi connectivity index (χ0v) is 33.3. The molecule has 2 aromatic carbocycles. The van der Waals surface area contributed by atoms with Gasteiger partial charge in [0.05, 0.1) is 35.2 Å². The molecule has 8 heterocycles. The Morgan fingerprint density at radius 3 is 2.11 bits per heavy atom. The lowest BCUT2D eigenvalue weighted by Crippen LogP contribution is -2.48. The Kier molecular flexibility index (Phi) is 8.61. The van der Waals surface area contributed by atoms with E-state index in [-0.39, 0.29) is 24.3 Å². The number of rotatable bonds is 2. The van der Waals surface area contributed by atoms with Crippen LogP contribution in [0.3, 0.4) is 0 Å². The topological polar surface area (TPSA) is 165 Å². The number of anilines is 1. The van der Waals surface area contributed by atoms with E-state index in [1.54, 1.807) is 36.7 Å².